The van der Waals surface area contributed by atoms with Crippen LogP contribution >= 0.6 is 0 Å². The summed E-state index contributed by atoms with van der Waals surface area (Å²) in [7, 11) is 1.56. The Morgan fingerprint density at radius 2 is 1.91 bits per heavy atom. The molecule has 1 fully saturated rings. The van der Waals surface area contributed by atoms with Crippen LogP contribution < -0.4 is 10.1 Å². The standard InChI is InChI=1S/C23H25F3N4O2/c1-32-18-6-4-5-17(13-18)27-21(31)15-29-11-9-16(10-12-29)14-30-20-8-3-2-7-19(20)28-22(30)23(24,25)26/h2-8,13,16H,9-12,14-15H2,1H3,(H,27,31). The molecular weight excluding hydrogens is 421 g/mol. The van der Waals surface area contributed by atoms with E-state index in [4.69, 9.17) is 4.74 Å². The number of carbonyl (C=O) groups excluding carboxylic acids is 1. The van der Waals surface area contributed by atoms with Crippen molar-refractivity contribution < 1.29 is 22.7 Å². The Bertz CT molecular complexity index is 1090. The smallest absolute Gasteiger partial charge is 0.449 e. The minimum Gasteiger partial charge on any atom is -0.497 e. The van der Waals surface area contributed by atoms with E-state index in [1.165, 1.54) is 4.57 Å². The number of fused-ring (bicyclic) bond motifs is 1. The third kappa shape index (κ3) is 5.04. The summed E-state index contributed by atoms with van der Waals surface area (Å²) >= 11 is 0. The molecule has 2 heterocycles. The summed E-state index contributed by atoms with van der Waals surface area (Å²) in [5.74, 6) is -0.226. The highest BCUT2D eigenvalue weighted by molar-refractivity contribution is 5.92. The number of alkyl halides is 3. The number of hydrogen-bond donors (Lipinski definition) is 1. The molecule has 3 aromatic rings. The Hall–Kier alpha value is -3.07. The van der Waals surface area contributed by atoms with E-state index < -0.39 is 12.0 Å². The molecule has 1 amide bonds. The highest BCUT2D eigenvalue weighted by Gasteiger charge is 2.38. The van der Waals surface area contributed by atoms with Crippen molar-refractivity contribution in [2.75, 3.05) is 32.1 Å². The van der Waals surface area contributed by atoms with Crippen molar-refractivity contribution in [1.29, 1.82) is 0 Å². The van der Waals surface area contributed by atoms with Gasteiger partial charge in [0.2, 0.25) is 11.7 Å². The molecule has 9 heteroatoms. The van der Waals surface area contributed by atoms with Gasteiger partial charge in [-0.05, 0) is 56.1 Å². The highest BCUT2D eigenvalue weighted by atomic mass is 19.4. The van der Waals surface area contributed by atoms with Crippen molar-refractivity contribution in [2.24, 2.45) is 5.92 Å². The summed E-state index contributed by atoms with van der Waals surface area (Å²) in [5, 5.41) is 2.86. The first-order chi connectivity index (χ1) is 15.3. The maximum Gasteiger partial charge on any atom is 0.449 e. The average Bonchev–Trinajstić information content (AvgIpc) is 3.14. The zero-order valence-corrected chi connectivity index (χ0v) is 17.7. The predicted molar refractivity (Wildman–Crippen MR) is 116 cm³/mol. The molecule has 0 atom stereocenters. The topological polar surface area (TPSA) is 59.4 Å². The van der Waals surface area contributed by atoms with Crippen molar-refractivity contribution >= 4 is 22.6 Å². The summed E-state index contributed by atoms with van der Waals surface area (Å²) in [6, 6.07) is 13.8. The molecule has 0 unspecified atom stereocenters. The number of nitrogens with one attached hydrogen (secondary N) is 1. The van der Waals surface area contributed by atoms with Gasteiger partial charge < -0.3 is 14.6 Å². The van der Waals surface area contributed by atoms with Crippen LogP contribution in [0.5, 0.6) is 5.75 Å². The van der Waals surface area contributed by atoms with Crippen LogP contribution in [0.3, 0.4) is 0 Å². The number of hydrogen-bond acceptors (Lipinski definition) is 4. The molecular formula is C23H25F3N4O2. The molecule has 4 rings (SSSR count). The summed E-state index contributed by atoms with van der Waals surface area (Å²) in [6.45, 7) is 1.82. The third-order valence-electron chi connectivity index (χ3n) is 5.78. The Balaban J connectivity index is 1.35. The van der Waals surface area contributed by atoms with E-state index in [0.29, 0.717) is 35.6 Å². The lowest BCUT2D eigenvalue weighted by Gasteiger charge is -2.32. The number of likely N-dealkylation sites (tertiary alicyclic amines) is 1. The van der Waals surface area contributed by atoms with Gasteiger partial charge in [-0.2, -0.15) is 13.2 Å². The molecule has 0 spiro atoms. The number of para-hydroxylation sites is 2. The predicted octanol–water partition coefficient (Wildman–Crippen LogP) is 4.41. The highest BCUT2D eigenvalue weighted by Crippen LogP contribution is 2.33. The van der Waals surface area contributed by atoms with Crippen molar-refractivity contribution in [1.82, 2.24) is 14.5 Å². The van der Waals surface area contributed by atoms with E-state index in [1.807, 2.05) is 4.90 Å². The Morgan fingerprint density at radius 1 is 1.16 bits per heavy atom. The first-order valence-electron chi connectivity index (χ1n) is 10.5. The summed E-state index contributed by atoms with van der Waals surface area (Å²) in [4.78, 5) is 18.2. The number of benzene rings is 2. The van der Waals surface area contributed by atoms with E-state index in [1.54, 1.807) is 55.6 Å². The lowest BCUT2D eigenvalue weighted by Crippen LogP contribution is -2.40. The van der Waals surface area contributed by atoms with Gasteiger partial charge in [-0.3, -0.25) is 9.69 Å². The normalized spacial score (nSPS) is 15.8. The number of anilines is 1. The Labute approximate surface area is 184 Å². The number of halogens is 3. The van der Waals surface area contributed by atoms with Gasteiger partial charge in [0, 0.05) is 18.3 Å². The van der Waals surface area contributed by atoms with Crippen molar-refractivity contribution in [2.45, 2.75) is 25.6 Å². The van der Waals surface area contributed by atoms with Crippen LogP contribution in [0.15, 0.2) is 48.5 Å². The second kappa shape index (κ2) is 9.20. The van der Waals surface area contributed by atoms with E-state index in [0.717, 1.165) is 12.8 Å². The zero-order valence-electron chi connectivity index (χ0n) is 17.7. The average molecular weight is 446 g/mol. The maximum atomic E-state index is 13.5. The van der Waals surface area contributed by atoms with E-state index in [9.17, 15) is 18.0 Å². The number of aromatic nitrogens is 2. The van der Waals surface area contributed by atoms with Crippen LogP contribution in [0.1, 0.15) is 18.7 Å². The number of nitrogens with zero attached hydrogens (tertiary/aromatic N) is 3. The summed E-state index contributed by atoms with van der Waals surface area (Å²) < 4.78 is 47.0. The first kappa shape index (κ1) is 22.1. The maximum absolute atomic E-state index is 13.5. The minimum absolute atomic E-state index is 0.0893. The second-order valence-electron chi connectivity index (χ2n) is 8.03. The SMILES string of the molecule is COc1cccc(NC(=O)CN2CCC(Cn3c(C(F)(F)F)nc4ccccc43)CC2)c1. The van der Waals surface area contributed by atoms with E-state index >= 15 is 0 Å². The molecule has 0 saturated carbocycles. The number of amides is 1. The van der Waals surface area contributed by atoms with E-state index in [-0.39, 0.29) is 24.9 Å². The van der Waals surface area contributed by atoms with Crippen molar-refractivity contribution in [3.05, 3.63) is 54.4 Å². The number of piperidine rings is 1. The lowest BCUT2D eigenvalue weighted by molar-refractivity contribution is -0.147. The fourth-order valence-corrected chi connectivity index (χ4v) is 4.17. The van der Waals surface area contributed by atoms with Gasteiger partial charge in [0.15, 0.2) is 0 Å². The number of carbonyl (C=O) groups is 1. The Kier molecular flexibility index (Phi) is 6.36. The van der Waals surface area contributed by atoms with Gasteiger partial charge in [0.05, 0.1) is 24.7 Å². The number of imidazole rings is 1. The zero-order chi connectivity index (χ0) is 22.7. The minimum atomic E-state index is -4.50. The van der Waals surface area contributed by atoms with Gasteiger partial charge in [0.25, 0.3) is 0 Å². The second-order valence-corrected chi connectivity index (χ2v) is 8.03. The summed E-state index contributed by atoms with van der Waals surface area (Å²) in [5.41, 5.74) is 1.52. The molecule has 6 nitrogen and oxygen atoms in total. The molecule has 1 aliphatic rings. The lowest BCUT2D eigenvalue weighted by atomic mass is 9.96. The monoisotopic (exact) mass is 446 g/mol. The molecule has 1 N–H and O–H groups in total. The van der Waals surface area contributed by atoms with Crippen LogP contribution in [0.25, 0.3) is 11.0 Å². The van der Waals surface area contributed by atoms with Gasteiger partial charge in [-0.1, -0.05) is 18.2 Å². The molecule has 0 aliphatic carbocycles. The quantitative estimate of drug-likeness (QED) is 0.609. The fourth-order valence-electron chi connectivity index (χ4n) is 4.17. The van der Waals surface area contributed by atoms with Crippen LogP contribution in [-0.4, -0.2) is 47.1 Å². The molecule has 1 aromatic heterocycles. The fraction of sp³-hybridized carbons (Fsp3) is 0.391. The van der Waals surface area contributed by atoms with E-state index in [2.05, 4.69) is 10.3 Å². The number of rotatable bonds is 6. The molecule has 2 aromatic carbocycles. The van der Waals surface area contributed by atoms with Crippen LogP contribution in [0.2, 0.25) is 0 Å². The molecule has 170 valence electrons. The van der Waals surface area contributed by atoms with Crippen LogP contribution in [0, 0.1) is 5.92 Å². The Morgan fingerprint density at radius 3 is 2.62 bits per heavy atom. The van der Waals surface area contributed by atoms with Gasteiger partial charge in [-0.25, -0.2) is 4.98 Å². The summed E-state index contributed by atoms with van der Waals surface area (Å²) in [6.07, 6.45) is -3.07. The number of ether oxygens (including phenoxy) is 1. The van der Waals surface area contributed by atoms with Crippen molar-refractivity contribution in [3.63, 3.8) is 0 Å². The van der Waals surface area contributed by atoms with Gasteiger partial charge in [-0.15, -0.1) is 0 Å². The molecule has 1 aliphatic heterocycles. The van der Waals surface area contributed by atoms with Gasteiger partial charge >= 0.3 is 6.18 Å². The van der Waals surface area contributed by atoms with Crippen LogP contribution in [-0.2, 0) is 17.5 Å². The third-order valence-corrected chi connectivity index (χ3v) is 5.78. The van der Waals surface area contributed by atoms with Crippen molar-refractivity contribution in [3.8, 4) is 5.75 Å². The molecule has 32 heavy (non-hydrogen) atoms. The largest absolute Gasteiger partial charge is 0.497 e. The first-order valence-corrected chi connectivity index (χ1v) is 10.5. The molecule has 1 saturated heterocycles. The molecule has 0 bridgehead atoms. The molecule has 0 radical (unpaired) electrons. The van der Waals surface area contributed by atoms with Crippen LogP contribution in [0.4, 0.5) is 18.9 Å². The number of methoxy groups -OCH3 is 1. The van der Waals surface area contributed by atoms with Gasteiger partial charge in [0.1, 0.15) is 5.75 Å².